The highest BCUT2D eigenvalue weighted by Gasteiger charge is 2.15. The topological polar surface area (TPSA) is 61.0 Å². The Bertz CT molecular complexity index is 310. The lowest BCUT2D eigenvalue weighted by Gasteiger charge is -2.21. The van der Waals surface area contributed by atoms with Crippen LogP contribution in [0.4, 0.5) is 0 Å². The molecule has 1 aliphatic carbocycles. The monoisotopic (exact) mass is 207 g/mol. The minimum absolute atomic E-state index is 0.298. The summed E-state index contributed by atoms with van der Waals surface area (Å²) >= 11 is 0. The van der Waals surface area contributed by atoms with Crippen LogP contribution in [0.15, 0.2) is 12.3 Å². The lowest BCUT2D eigenvalue weighted by atomic mass is 9.98. The number of ether oxygens (including phenoxy) is 1. The van der Waals surface area contributed by atoms with E-state index in [0.29, 0.717) is 18.7 Å². The van der Waals surface area contributed by atoms with Crippen molar-refractivity contribution in [1.82, 2.24) is 9.97 Å². The summed E-state index contributed by atoms with van der Waals surface area (Å²) in [4.78, 5) is 8.32. The van der Waals surface area contributed by atoms with Gasteiger partial charge in [-0.25, -0.2) is 4.98 Å². The second-order valence-corrected chi connectivity index (χ2v) is 3.91. The zero-order chi connectivity index (χ0) is 10.5. The normalized spacial score (nSPS) is 17.7. The lowest BCUT2D eigenvalue weighted by molar-refractivity contribution is 0.141. The molecular formula is C11H17N3O. The van der Waals surface area contributed by atoms with E-state index in [2.05, 4.69) is 9.97 Å². The number of nitrogens with two attached hydrogens (primary N) is 1. The van der Waals surface area contributed by atoms with E-state index in [9.17, 15) is 0 Å². The van der Waals surface area contributed by atoms with Crippen molar-refractivity contribution in [2.75, 3.05) is 0 Å². The standard InChI is InChI=1S/C11H17N3O/c12-8-9-6-7-13-11(14-9)15-10-4-2-1-3-5-10/h6-7,10H,1-5,8,12H2. The van der Waals surface area contributed by atoms with Gasteiger partial charge in [0.05, 0.1) is 5.69 Å². The molecule has 4 nitrogen and oxygen atoms in total. The van der Waals surface area contributed by atoms with Gasteiger partial charge < -0.3 is 10.5 Å². The first kappa shape index (κ1) is 10.4. The van der Waals surface area contributed by atoms with Crippen LogP contribution in [-0.2, 0) is 6.54 Å². The van der Waals surface area contributed by atoms with E-state index in [1.807, 2.05) is 6.07 Å². The molecule has 1 heterocycles. The zero-order valence-corrected chi connectivity index (χ0v) is 8.85. The van der Waals surface area contributed by atoms with Crippen LogP contribution >= 0.6 is 0 Å². The fourth-order valence-corrected chi connectivity index (χ4v) is 1.88. The van der Waals surface area contributed by atoms with Crippen molar-refractivity contribution in [2.24, 2.45) is 5.73 Å². The maximum atomic E-state index is 5.72. The van der Waals surface area contributed by atoms with Crippen LogP contribution in [0.25, 0.3) is 0 Å². The van der Waals surface area contributed by atoms with E-state index in [-0.39, 0.29) is 0 Å². The second kappa shape index (κ2) is 5.07. The summed E-state index contributed by atoms with van der Waals surface area (Å²) < 4.78 is 5.72. The molecule has 0 aromatic carbocycles. The predicted molar refractivity (Wildman–Crippen MR) is 57.4 cm³/mol. The van der Waals surface area contributed by atoms with Gasteiger partial charge in [0.25, 0.3) is 0 Å². The van der Waals surface area contributed by atoms with Gasteiger partial charge in [-0.1, -0.05) is 6.42 Å². The molecule has 0 unspecified atom stereocenters. The third-order valence-corrected chi connectivity index (χ3v) is 2.72. The molecule has 2 rings (SSSR count). The Balaban J connectivity index is 1.96. The third-order valence-electron chi connectivity index (χ3n) is 2.72. The smallest absolute Gasteiger partial charge is 0.316 e. The molecule has 0 radical (unpaired) electrons. The summed E-state index contributed by atoms with van der Waals surface area (Å²) in [6, 6.07) is 2.29. The summed E-state index contributed by atoms with van der Waals surface area (Å²) in [6.07, 6.45) is 8.07. The minimum Gasteiger partial charge on any atom is -0.460 e. The van der Waals surface area contributed by atoms with Crippen molar-refractivity contribution >= 4 is 0 Å². The van der Waals surface area contributed by atoms with Crippen LogP contribution in [0, 0.1) is 0 Å². The first-order valence-electron chi connectivity index (χ1n) is 5.57. The highest BCUT2D eigenvalue weighted by atomic mass is 16.5. The van der Waals surface area contributed by atoms with Crippen LogP contribution in [-0.4, -0.2) is 16.1 Å². The van der Waals surface area contributed by atoms with Gasteiger partial charge in [0.15, 0.2) is 0 Å². The molecular weight excluding hydrogens is 190 g/mol. The van der Waals surface area contributed by atoms with Gasteiger partial charge in [-0.05, 0) is 31.7 Å². The van der Waals surface area contributed by atoms with Gasteiger partial charge in [0.1, 0.15) is 6.10 Å². The fraction of sp³-hybridized carbons (Fsp3) is 0.636. The van der Waals surface area contributed by atoms with Gasteiger partial charge in [-0.15, -0.1) is 0 Å². The molecule has 82 valence electrons. The van der Waals surface area contributed by atoms with Crippen molar-refractivity contribution in [3.63, 3.8) is 0 Å². The molecule has 1 aromatic heterocycles. The Labute approximate surface area is 89.9 Å². The van der Waals surface area contributed by atoms with E-state index >= 15 is 0 Å². The summed E-state index contributed by atoms with van der Waals surface area (Å²) in [5, 5.41) is 0. The van der Waals surface area contributed by atoms with Gasteiger partial charge in [-0.3, -0.25) is 0 Å². The minimum atomic E-state index is 0.298. The van der Waals surface area contributed by atoms with Crippen LogP contribution < -0.4 is 10.5 Å². The van der Waals surface area contributed by atoms with Crippen molar-refractivity contribution < 1.29 is 4.74 Å². The van der Waals surface area contributed by atoms with E-state index in [1.165, 1.54) is 19.3 Å². The molecule has 1 aromatic rings. The van der Waals surface area contributed by atoms with E-state index < -0.39 is 0 Å². The molecule has 1 aliphatic rings. The number of aromatic nitrogens is 2. The second-order valence-electron chi connectivity index (χ2n) is 3.91. The van der Waals surface area contributed by atoms with Crippen LogP contribution in [0.3, 0.4) is 0 Å². The fourth-order valence-electron chi connectivity index (χ4n) is 1.88. The molecule has 0 bridgehead atoms. The first-order chi connectivity index (χ1) is 7.38. The van der Waals surface area contributed by atoms with Crippen molar-refractivity contribution in [3.8, 4) is 6.01 Å². The molecule has 1 fully saturated rings. The summed E-state index contributed by atoms with van der Waals surface area (Å²) in [5.41, 5.74) is 6.34. The van der Waals surface area contributed by atoms with E-state index in [0.717, 1.165) is 18.5 Å². The van der Waals surface area contributed by atoms with Gasteiger partial charge in [-0.2, -0.15) is 4.98 Å². The summed E-state index contributed by atoms with van der Waals surface area (Å²) in [5.74, 6) is 0. The highest BCUT2D eigenvalue weighted by Crippen LogP contribution is 2.21. The highest BCUT2D eigenvalue weighted by molar-refractivity contribution is 5.05. The maximum Gasteiger partial charge on any atom is 0.316 e. The molecule has 15 heavy (non-hydrogen) atoms. The summed E-state index contributed by atoms with van der Waals surface area (Å²) in [7, 11) is 0. The largest absolute Gasteiger partial charge is 0.460 e. The Morgan fingerprint density at radius 2 is 2.13 bits per heavy atom. The number of hydrogen-bond acceptors (Lipinski definition) is 4. The molecule has 1 saturated carbocycles. The van der Waals surface area contributed by atoms with E-state index in [1.54, 1.807) is 6.20 Å². The Morgan fingerprint density at radius 3 is 2.87 bits per heavy atom. The third kappa shape index (κ3) is 2.89. The zero-order valence-electron chi connectivity index (χ0n) is 8.85. The molecule has 0 saturated heterocycles. The average molecular weight is 207 g/mol. The molecule has 4 heteroatoms. The van der Waals surface area contributed by atoms with E-state index in [4.69, 9.17) is 10.5 Å². The first-order valence-corrected chi connectivity index (χ1v) is 5.57. The lowest BCUT2D eigenvalue weighted by Crippen LogP contribution is -2.21. The maximum absolute atomic E-state index is 5.72. The Hall–Kier alpha value is -1.16. The van der Waals surface area contributed by atoms with Gasteiger partial charge in [0, 0.05) is 12.7 Å². The Morgan fingerprint density at radius 1 is 1.33 bits per heavy atom. The molecule has 0 aliphatic heterocycles. The van der Waals surface area contributed by atoms with Crippen molar-refractivity contribution in [3.05, 3.63) is 18.0 Å². The summed E-state index contributed by atoms with van der Waals surface area (Å²) in [6.45, 7) is 0.434. The van der Waals surface area contributed by atoms with Crippen LogP contribution in [0.5, 0.6) is 6.01 Å². The quantitative estimate of drug-likeness (QED) is 0.818. The molecule has 2 N–H and O–H groups in total. The van der Waals surface area contributed by atoms with Gasteiger partial charge in [0.2, 0.25) is 0 Å². The van der Waals surface area contributed by atoms with Crippen molar-refractivity contribution in [2.45, 2.75) is 44.8 Å². The van der Waals surface area contributed by atoms with Crippen molar-refractivity contribution in [1.29, 1.82) is 0 Å². The molecule has 0 amide bonds. The van der Waals surface area contributed by atoms with Crippen LogP contribution in [0.2, 0.25) is 0 Å². The molecule has 0 atom stereocenters. The Kier molecular flexibility index (Phi) is 3.50. The number of rotatable bonds is 3. The average Bonchev–Trinajstić information content (AvgIpc) is 2.31. The predicted octanol–water partition coefficient (Wildman–Crippen LogP) is 1.65. The number of hydrogen-bond donors (Lipinski definition) is 1. The van der Waals surface area contributed by atoms with Crippen LogP contribution in [0.1, 0.15) is 37.8 Å². The van der Waals surface area contributed by atoms with Gasteiger partial charge >= 0.3 is 6.01 Å². The SMILES string of the molecule is NCc1ccnc(OC2CCCCC2)n1. The molecule has 0 spiro atoms. The number of nitrogens with zero attached hydrogens (tertiary/aromatic N) is 2.